The van der Waals surface area contributed by atoms with E-state index in [1.54, 1.807) is 11.3 Å². The van der Waals surface area contributed by atoms with Gasteiger partial charge in [-0.3, -0.25) is 0 Å². The van der Waals surface area contributed by atoms with E-state index in [9.17, 15) is 0 Å². The van der Waals surface area contributed by atoms with E-state index in [1.807, 2.05) is 12.1 Å². The first-order valence-electron chi connectivity index (χ1n) is 7.16. The topological polar surface area (TPSA) is 12.0 Å². The summed E-state index contributed by atoms with van der Waals surface area (Å²) in [6.45, 7) is 5.20. The van der Waals surface area contributed by atoms with Gasteiger partial charge in [-0.15, -0.1) is 11.3 Å². The van der Waals surface area contributed by atoms with Crippen LogP contribution in [0.4, 0.5) is 0 Å². The zero-order valence-corrected chi connectivity index (χ0v) is 13.8. The average molecular weight is 316 g/mol. The maximum Gasteiger partial charge on any atom is 0.0593 e. The summed E-state index contributed by atoms with van der Waals surface area (Å²) in [6.07, 6.45) is 0. The first-order chi connectivity index (χ1) is 10.2. The quantitative estimate of drug-likeness (QED) is 0.664. The zero-order valence-electron chi connectivity index (χ0n) is 12.2. The second-order valence-corrected chi connectivity index (χ2v) is 6.53. The number of hydrogen-bond donors (Lipinski definition) is 1. The molecule has 0 aliphatic heterocycles. The molecule has 1 heterocycles. The molecule has 0 aliphatic carbocycles. The molecule has 0 amide bonds. The third kappa shape index (κ3) is 2.84. The molecular weight excluding hydrogens is 298 g/mol. The molecule has 3 heteroatoms. The highest BCUT2D eigenvalue weighted by Crippen LogP contribution is 2.34. The Morgan fingerprint density at radius 3 is 2.76 bits per heavy atom. The maximum atomic E-state index is 6.10. The van der Waals surface area contributed by atoms with Crippen LogP contribution in [0.1, 0.15) is 29.7 Å². The van der Waals surface area contributed by atoms with E-state index in [0.717, 1.165) is 11.6 Å². The minimum atomic E-state index is 0.203. The van der Waals surface area contributed by atoms with Crippen molar-refractivity contribution in [3.05, 3.63) is 69.6 Å². The molecule has 0 spiro atoms. The van der Waals surface area contributed by atoms with Gasteiger partial charge >= 0.3 is 0 Å². The lowest BCUT2D eigenvalue weighted by Gasteiger charge is -2.22. The number of fused-ring (bicyclic) bond motifs is 1. The predicted molar refractivity (Wildman–Crippen MR) is 93.5 cm³/mol. The van der Waals surface area contributed by atoms with Crippen LogP contribution >= 0.6 is 22.9 Å². The molecule has 1 nitrogen and oxygen atoms in total. The molecule has 1 atom stereocenters. The second kappa shape index (κ2) is 6.18. The molecular formula is C18H18ClNS. The SMILES string of the molecule is CCNC(c1ccc(Cl)cc1C)c1cccc2ccsc12. The summed E-state index contributed by atoms with van der Waals surface area (Å²) in [7, 11) is 0. The van der Waals surface area contributed by atoms with Crippen molar-refractivity contribution < 1.29 is 0 Å². The van der Waals surface area contributed by atoms with Crippen LogP contribution in [0, 0.1) is 6.92 Å². The fourth-order valence-corrected chi connectivity index (χ4v) is 3.97. The van der Waals surface area contributed by atoms with Crippen molar-refractivity contribution in [2.75, 3.05) is 6.54 Å². The Hall–Kier alpha value is -1.35. The zero-order chi connectivity index (χ0) is 14.8. The van der Waals surface area contributed by atoms with Gasteiger partial charge in [0.2, 0.25) is 0 Å². The van der Waals surface area contributed by atoms with E-state index in [4.69, 9.17) is 11.6 Å². The van der Waals surface area contributed by atoms with Gasteiger partial charge in [0.05, 0.1) is 6.04 Å². The van der Waals surface area contributed by atoms with Crippen molar-refractivity contribution in [3.8, 4) is 0 Å². The lowest BCUT2D eigenvalue weighted by atomic mass is 9.94. The normalized spacial score (nSPS) is 12.7. The molecule has 0 saturated carbocycles. The van der Waals surface area contributed by atoms with Gasteiger partial charge in [0.15, 0.2) is 0 Å². The van der Waals surface area contributed by atoms with Gasteiger partial charge in [0.1, 0.15) is 0 Å². The van der Waals surface area contributed by atoms with Crippen LogP contribution in [-0.2, 0) is 0 Å². The van der Waals surface area contributed by atoms with Gasteiger partial charge < -0.3 is 5.32 Å². The van der Waals surface area contributed by atoms with Gasteiger partial charge in [-0.25, -0.2) is 0 Å². The smallest absolute Gasteiger partial charge is 0.0593 e. The Morgan fingerprint density at radius 1 is 1.14 bits per heavy atom. The number of rotatable bonds is 4. The number of aryl methyl sites for hydroxylation is 1. The Morgan fingerprint density at radius 2 is 2.00 bits per heavy atom. The third-order valence-corrected chi connectivity index (χ3v) is 4.99. The van der Waals surface area contributed by atoms with Crippen LogP contribution in [0.2, 0.25) is 5.02 Å². The standard InChI is InChI=1S/C18H18ClNS/c1-3-20-17(15-8-7-14(19)11-12(15)2)16-6-4-5-13-9-10-21-18(13)16/h4-11,17,20H,3H2,1-2H3. The van der Waals surface area contributed by atoms with Crippen molar-refractivity contribution in [3.63, 3.8) is 0 Å². The fourth-order valence-electron chi connectivity index (χ4n) is 2.80. The summed E-state index contributed by atoms with van der Waals surface area (Å²) in [5.74, 6) is 0. The molecule has 21 heavy (non-hydrogen) atoms. The highest BCUT2D eigenvalue weighted by atomic mass is 35.5. The molecule has 0 bridgehead atoms. The molecule has 0 radical (unpaired) electrons. The van der Waals surface area contributed by atoms with Crippen molar-refractivity contribution in [1.82, 2.24) is 5.32 Å². The van der Waals surface area contributed by atoms with Crippen molar-refractivity contribution in [1.29, 1.82) is 0 Å². The van der Waals surface area contributed by atoms with Crippen LogP contribution in [0.5, 0.6) is 0 Å². The molecule has 3 rings (SSSR count). The Kier molecular flexibility index (Phi) is 4.29. The molecule has 0 saturated heterocycles. The highest BCUT2D eigenvalue weighted by molar-refractivity contribution is 7.17. The second-order valence-electron chi connectivity index (χ2n) is 5.18. The van der Waals surface area contributed by atoms with Crippen LogP contribution in [0.25, 0.3) is 10.1 Å². The van der Waals surface area contributed by atoms with Gasteiger partial charge in [0.25, 0.3) is 0 Å². The number of nitrogens with one attached hydrogen (secondary N) is 1. The van der Waals surface area contributed by atoms with Crippen molar-refractivity contribution in [2.45, 2.75) is 19.9 Å². The van der Waals surface area contributed by atoms with E-state index in [0.29, 0.717) is 0 Å². The molecule has 1 unspecified atom stereocenters. The summed E-state index contributed by atoms with van der Waals surface area (Å²) in [5.41, 5.74) is 3.86. The average Bonchev–Trinajstić information content (AvgIpc) is 2.94. The monoisotopic (exact) mass is 315 g/mol. The molecule has 1 N–H and O–H groups in total. The first-order valence-corrected chi connectivity index (χ1v) is 8.42. The molecule has 1 aromatic heterocycles. The maximum absolute atomic E-state index is 6.10. The number of thiophene rings is 1. The number of hydrogen-bond acceptors (Lipinski definition) is 2. The summed E-state index contributed by atoms with van der Waals surface area (Å²) in [4.78, 5) is 0. The molecule has 2 aromatic carbocycles. The van der Waals surface area contributed by atoms with Gasteiger partial charge in [-0.2, -0.15) is 0 Å². The summed E-state index contributed by atoms with van der Waals surface area (Å²) < 4.78 is 1.36. The van der Waals surface area contributed by atoms with Crippen LogP contribution in [0.15, 0.2) is 47.8 Å². The van der Waals surface area contributed by atoms with Gasteiger partial charge in [-0.05, 0) is 59.1 Å². The summed E-state index contributed by atoms with van der Waals surface area (Å²) in [5, 5.41) is 7.88. The van der Waals surface area contributed by atoms with Gasteiger partial charge in [-0.1, -0.05) is 42.8 Å². The van der Waals surface area contributed by atoms with Gasteiger partial charge in [0, 0.05) is 9.72 Å². The number of halogens is 1. The van der Waals surface area contributed by atoms with Crippen LogP contribution in [0.3, 0.4) is 0 Å². The molecule has 0 fully saturated rings. The largest absolute Gasteiger partial charge is 0.306 e. The minimum absolute atomic E-state index is 0.203. The van der Waals surface area contributed by atoms with Crippen LogP contribution in [-0.4, -0.2) is 6.54 Å². The van der Waals surface area contributed by atoms with Crippen molar-refractivity contribution in [2.24, 2.45) is 0 Å². The van der Waals surface area contributed by atoms with Crippen LogP contribution < -0.4 is 5.32 Å². The fraction of sp³-hybridized carbons (Fsp3) is 0.222. The Bertz CT molecular complexity index is 763. The Labute approximate surface area is 134 Å². The van der Waals surface area contributed by atoms with Crippen molar-refractivity contribution >= 4 is 33.0 Å². The minimum Gasteiger partial charge on any atom is -0.306 e. The Balaban J connectivity index is 2.15. The number of benzene rings is 2. The van der Waals surface area contributed by atoms with E-state index in [-0.39, 0.29) is 6.04 Å². The lowest BCUT2D eigenvalue weighted by molar-refractivity contribution is 0.632. The third-order valence-electron chi connectivity index (χ3n) is 3.77. The molecule has 3 aromatic rings. The van der Waals surface area contributed by atoms with E-state index in [1.165, 1.54) is 26.8 Å². The van der Waals surface area contributed by atoms with E-state index >= 15 is 0 Å². The molecule has 108 valence electrons. The lowest BCUT2D eigenvalue weighted by Crippen LogP contribution is -2.22. The summed E-state index contributed by atoms with van der Waals surface area (Å²) in [6, 6.07) is 15.1. The summed E-state index contributed by atoms with van der Waals surface area (Å²) >= 11 is 7.91. The van der Waals surface area contributed by atoms with E-state index < -0.39 is 0 Å². The highest BCUT2D eigenvalue weighted by Gasteiger charge is 2.18. The van der Waals surface area contributed by atoms with E-state index in [2.05, 4.69) is 54.9 Å². The first kappa shape index (κ1) is 14.6. The predicted octanol–water partition coefficient (Wildman–Crippen LogP) is 5.56. The molecule has 0 aliphatic rings.